The molecule has 1 aromatic carbocycles. The third-order valence-corrected chi connectivity index (χ3v) is 5.16. The van der Waals surface area contributed by atoms with Crippen LogP contribution in [0.3, 0.4) is 0 Å². The van der Waals surface area contributed by atoms with Gasteiger partial charge in [0.05, 0.1) is 23.1 Å². The first-order valence-electron chi connectivity index (χ1n) is 9.77. The number of fused-ring (bicyclic) bond motifs is 3. The minimum Gasteiger partial charge on any atom is -0.362 e. The average molecular weight is 398 g/mol. The Morgan fingerprint density at radius 3 is 2.80 bits per heavy atom. The summed E-state index contributed by atoms with van der Waals surface area (Å²) in [6.45, 7) is 2.61. The lowest BCUT2D eigenvalue weighted by molar-refractivity contribution is -0.128. The average Bonchev–Trinajstić information content (AvgIpc) is 3.15. The van der Waals surface area contributed by atoms with Crippen molar-refractivity contribution in [3.63, 3.8) is 0 Å². The van der Waals surface area contributed by atoms with Crippen molar-refractivity contribution in [1.29, 1.82) is 5.26 Å². The number of pyridine rings is 2. The van der Waals surface area contributed by atoms with Gasteiger partial charge in [0.2, 0.25) is 5.91 Å². The zero-order chi connectivity index (χ0) is 21.1. The van der Waals surface area contributed by atoms with Gasteiger partial charge in [0.15, 0.2) is 5.65 Å². The van der Waals surface area contributed by atoms with E-state index in [1.807, 2.05) is 59.9 Å². The number of nitriles is 1. The fraction of sp³-hybridized carbons (Fsp3) is 0.217. The third-order valence-electron chi connectivity index (χ3n) is 5.16. The number of imidazole rings is 1. The molecule has 3 aromatic heterocycles. The van der Waals surface area contributed by atoms with Crippen LogP contribution in [0.1, 0.15) is 16.8 Å². The second-order valence-corrected chi connectivity index (χ2v) is 7.20. The Balaban J connectivity index is 1.55. The van der Waals surface area contributed by atoms with E-state index in [-0.39, 0.29) is 12.5 Å². The van der Waals surface area contributed by atoms with Crippen LogP contribution in [0.25, 0.3) is 16.7 Å². The largest absolute Gasteiger partial charge is 0.362 e. The molecule has 0 bridgehead atoms. The van der Waals surface area contributed by atoms with E-state index in [1.54, 1.807) is 18.1 Å². The molecule has 0 saturated carbocycles. The minimum atomic E-state index is -0.0227. The maximum atomic E-state index is 12.6. The number of likely N-dealkylation sites (N-methyl/N-ethyl adjacent to an activating group) is 1. The van der Waals surface area contributed by atoms with Gasteiger partial charge in [-0.2, -0.15) is 5.26 Å². The van der Waals surface area contributed by atoms with Crippen molar-refractivity contribution in [2.75, 3.05) is 25.5 Å². The smallest absolute Gasteiger partial charge is 0.241 e. The summed E-state index contributed by atoms with van der Waals surface area (Å²) in [4.78, 5) is 23.3. The number of carbonyl (C=O) groups is 1. The first-order chi connectivity index (χ1) is 14.6. The Hall–Kier alpha value is -3.92. The third kappa shape index (κ3) is 3.67. The summed E-state index contributed by atoms with van der Waals surface area (Å²) < 4.78 is 1.90. The molecule has 0 saturated heterocycles. The molecular formula is C23H22N6O. The lowest BCUT2D eigenvalue weighted by Crippen LogP contribution is -2.34. The Morgan fingerprint density at radius 1 is 1.23 bits per heavy atom. The Morgan fingerprint density at radius 2 is 2.03 bits per heavy atom. The summed E-state index contributed by atoms with van der Waals surface area (Å²) >= 11 is 0. The minimum absolute atomic E-state index is 0.0227. The van der Waals surface area contributed by atoms with E-state index in [0.717, 1.165) is 28.1 Å². The van der Waals surface area contributed by atoms with Crippen LogP contribution in [0.5, 0.6) is 0 Å². The number of benzene rings is 1. The second-order valence-electron chi connectivity index (χ2n) is 7.20. The number of anilines is 1. The van der Waals surface area contributed by atoms with Crippen LogP contribution in [0.2, 0.25) is 0 Å². The van der Waals surface area contributed by atoms with Gasteiger partial charge >= 0.3 is 0 Å². The van der Waals surface area contributed by atoms with E-state index in [4.69, 9.17) is 0 Å². The Kier molecular flexibility index (Phi) is 5.31. The predicted molar refractivity (Wildman–Crippen MR) is 116 cm³/mol. The molecule has 0 unspecified atom stereocenters. The molecule has 30 heavy (non-hydrogen) atoms. The summed E-state index contributed by atoms with van der Waals surface area (Å²) in [6, 6.07) is 17.6. The van der Waals surface area contributed by atoms with Crippen molar-refractivity contribution in [3.05, 3.63) is 71.5 Å². The zero-order valence-corrected chi connectivity index (χ0v) is 17.0. The second kappa shape index (κ2) is 8.21. The van der Waals surface area contributed by atoms with Gasteiger partial charge in [-0.1, -0.05) is 18.2 Å². The van der Waals surface area contributed by atoms with Gasteiger partial charge in [0.1, 0.15) is 11.9 Å². The monoisotopic (exact) mass is 398 g/mol. The van der Waals surface area contributed by atoms with Crippen molar-refractivity contribution in [2.24, 2.45) is 0 Å². The van der Waals surface area contributed by atoms with Gasteiger partial charge in [-0.05, 0) is 42.8 Å². The van der Waals surface area contributed by atoms with Crippen molar-refractivity contribution in [2.45, 2.75) is 13.3 Å². The van der Waals surface area contributed by atoms with Crippen LogP contribution in [0.4, 0.5) is 5.82 Å². The Labute approximate surface area is 174 Å². The SMILES string of the molecule is Cc1cc(NCC(=O)N(C)CCc2ccccn2)n2c(nc3ccccc32)c1C#N. The van der Waals surface area contributed by atoms with E-state index < -0.39 is 0 Å². The molecule has 0 aliphatic rings. The van der Waals surface area contributed by atoms with Crippen LogP contribution in [0, 0.1) is 18.3 Å². The highest BCUT2D eigenvalue weighted by Crippen LogP contribution is 2.26. The lowest BCUT2D eigenvalue weighted by Gasteiger charge is -2.18. The summed E-state index contributed by atoms with van der Waals surface area (Å²) in [5.74, 6) is 0.715. The molecule has 0 spiro atoms. The lowest BCUT2D eigenvalue weighted by atomic mass is 10.1. The van der Waals surface area contributed by atoms with Crippen molar-refractivity contribution < 1.29 is 4.79 Å². The number of hydrogen-bond acceptors (Lipinski definition) is 5. The van der Waals surface area contributed by atoms with E-state index in [0.29, 0.717) is 24.2 Å². The van der Waals surface area contributed by atoms with Crippen LogP contribution >= 0.6 is 0 Å². The first-order valence-corrected chi connectivity index (χ1v) is 9.77. The highest BCUT2D eigenvalue weighted by Gasteiger charge is 2.16. The van der Waals surface area contributed by atoms with E-state index in [2.05, 4.69) is 21.4 Å². The molecule has 0 fully saturated rings. The van der Waals surface area contributed by atoms with Gasteiger partial charge in [-0.15, -0.1) is 0 Å². The summed E-state index contributed by atoms with van der Waals surface area (Å²) in [5.41, 5.74) is 4.61. The zero-order valence-electron chi connectivity index (χ0n) is 17.0. The van der Waals surface area contributed by atoms with E-state index >= 15 is 0 Å². The number of rotatable bonds is 6. The maximum absolute atomic E-state index is 12.6. The Bertz CT molecular complexity index is 1260. The van der Waals surface area contributed by atoms with Crippen molar-refractivity contribution >= 4 is 28.4 Å². The normalized spacial score (nSPS) is 10.8. The van der Waals surface area contributed by atoms with Crippen molar-refractivity contribution in [3.8, 4) is 6.07 Å². The molecule has 0 radical (unpaired) electrons. The van der Waals surface area contributed by atoms with Gasteiger partial charge in [0, 0.05) is 31.9 Å². The highest BCUT2D eigenvalue weighted by molar-refractivity contribution is 5.86. The van der Waals surface area contributed by atoms with Crippen molar-refractivity contribution in [1.82, 2.24) is 19.3 Å². The predicted octanol–water partition coefficient (Wildman–Crippen LogP) is 3.18. The van der Waals surface area contributed by atoms with Crippen LogP contribution < -0.4 is 5.32 Å². The fourth-order valence-corrected chi connectivity index (χ4v) is 3.48. The van der Waals surface area contributed by atoms with E-state index in [9.17, 15) is 10.1 Å². The molecule has 0 aliphatic heterocycles. The molecule has 4 rings (SSSR count). The van der Waals surface area contributed by atoms with Crippen LogP contribution in [0.15, 0.2) is 54.7 Å². The number of aromatic nitrogens is 3. The molecule has 0 aliphatic carbocycles. The number of amides is 1. The molecule has 1 amide bonds. The van der Waals surface area contributed by atoms with Crippen LogP contribution in [-0.2, 0) is 11.2 Å². The summed E-state index contributed by atoms with van der Waals surface area (Å²) in [7, 11) is 1.79. The fourth-order valence-electron chi connectivity index (χ4n) is 3.48. The molecule has 7 nitrogen and oxygen atoms in total. The van der Waals surface area contributed by atoms with Gasteiger partial charge < -0.3 is 10.2 Å². The van der Waals surface area contributed by atoms with Crippen LogP contribution in [-0.4, -0.2) is 45.3 Å². The molecule has 0 atom stereocenters. The highest BCUT2D eigenvalue weighted by atomic mass is 16.2. The quantitative estimate of drug-likeness (QED) is 0.539. The van der Waals surface area contributed by atoms with Gasteiger partial charge in [-0.25, -0.2) is 4.98 Å². The number of para-hydroxylation sites is 2. The molecule has 1 N–H and O–H groups in total. The number of nitrogens with one attached hydrogen (secondary N) is 1. The molecular weight excluding hydrogens is 376 g/mol. The number of aryl methyl sites for hydroxylation is 1. The van der Waals surface area contributed by atoms with Gasteiger partial charge in [0.25, 0.3) is 0 Å². The van der Waals surface area contributed by atoms with Gasteiger partial charge in [-0.3, -0.25) is 14.2 Å². The van der Waals surface area contributed by atoms with E-state index in [1.165, 1.54) is 0 Å². The number of nitrogens with zero attached hydrogens (tertiary/aromatic N) is 5. The topological polar surface area (TPSA) is 86.3 Å². The maximum Gasteiger partial charge on any atom is 0.241 e. The number of carbonyl (C=O) groups excluding carboxylic acids is 1. The molecule has 7 heteroatoms. The molecule has 3 heterocycles. The first kappa shape index (κ1) is 19.4. The standard InChI is InChI=1S/C23H22N6O/c1-16-13-21(26-15-22(30)28(2)12-10-17-7-5-6-11-25-17)29-20-9-4-3-8-19(20)27-23(29)18(16)14-24/h3-9,11,13,26H,10,12,15H2,1-2H3. The molecule has 150 valence electrons. The summed E-state index contributed by atoms with van der Waals surface area (Å²) in [5, 5.41) is 12.8. The number of hydrogen-bond donors (Lipinski definition) is 1. The summed E-state index contributed by atoms with van der Waals surface area (Å²) in [6.07, 6.45) is 2.46. The molecule has 4 aromatic rings.